The van der Waals surface area contributed by atoms with Crippen molar-refractivity contribution in [3.05, 3.63) is 34.9 Å². The number of benzene rings is 1. The van der Waals surface area contributed by atoms with E-state index in [0.29, 0.717) is 13.1 Å². The first-order valence-electron chi connectivity index (χ1n) is 7.97. The maximum atomic E-state index is 12.3. The number of amides is 2. The molecule has 22 heavy (non-hydrogen) atoms. The molecule has 0 bridgehead atoms. The molecule has 1 saturated carbocycles. The highest BCUT2D eigenvalue weighted by Crippen LogP contribution is 2.47. The largest absolute Gasteiger partial charge is 0.391 e. The van der Waals surface area contributed by atoms with Gasteiger partial charge in [0.05, 0.1) is 6.10 Å². The van der Waals surface area contributed by atoms with Crippen molar-refractivity contribution in [3.63, 3.8) is 0 Å². The van der Waals surface area contributed by atoms with Gasteiger partial charge in [-0.2, -0.15) is 0 Å². The minimum absolute atomic E-state index is 0.0637. The summed E-state index contributed by atoms with van der Waals surface area (Å²) in [6.07, 6.45) is 2.63. The van der Waals surface area contributed by atoms with Crippen molar-refractivity contribution in [3.8, 4) is 0 Å². The predicted molar refractivity (Wildman–Crippen MR) is 87.1 cm³/mol. The molecule has 2 amide bonds. The fourth-order valence-corrected chi connectivity index (χ4v) is 3.24. The molecule has 0 radical (unpaired) electrons. The summed E-state index contributed by atoms with van der Waals surface area (Å²) < 4.78 is 0. The predicted octanol–water partition coefficient (Wildman–Crippen LogP) is 2.78. The van der Waals surface area contributed by atoms with E-state index in [1.165, 1.54) is 5.56 Å². The van der Waals surface area contributed by atoms with Gasteiger partial charge in [-0.15, -0.1) is 0 Å². The van der Waals surface area contributed by atoms with Crippen LogP contribution in [0.4, 0.5) is 4.79 Å². The van der Waals surface area contributed by atoms with Gasteiger partial charge in [0, 0.05) is 30.1 Å². The zero-order valence-corrected chi connectivity index (χ0v) is 13.6. The zero-order chi connectivity index (χ0) is 15.7. The number of aliphatic hydroxyl groups excluding tert-OH is 1. The molecular weight excluding hydrogens is 300 g/mol. The molecule has 1 aromatic carbocycles. The number of urea groups is 1. The average Bonchev–Trinajstić information content (AvgIpc) is 3.29. The number of carbonyl (C=O) groups is 1. The number of β-amino-alcohol motifs (C(OH)–C–C–N with tert-alkyl or cyclic N) is 1. The summed E-state index contributed by atoms with van der Waals surface area (Å²) in [5.41, 5.74) is 1.31. The minimum atomic E-state index is -0.411. The number of hydrogen-bond acceptors (Lipinski definition) is 2. The lowest BCUT2D eigenvalue weighted by molar-refractivity contribution is 0.0435. The number of hydrogen-bond donors (Lipinski definition) is 2. The molecule has 5 heteroatoms. The number of halogens is 1. The summed E-state index contributed by atoms with van der Waals surface area (Å²) >= 11 is 5.94. The van der Waals surface area contributed by atoms with Crippen LogP contribution in [-0.2, 0) is 5.41 Å². The van der Waals surface area contributed by atoms with E-state index in [2.05, 4.69) is 5.32 Å². The van der Waals surface area contributed by atoms with Crippen LogP contribution < -0.4 is 5.32 Å². The molecule has 1 heterocycles. The van der Waals surface area contributed by atoms with Crippen molar-refractivity contribution >= 4 is 17.6 Å². The molecule has 1 aromatic rings. The van der Waals surface area contributed by atoms with E-state index >= 15 is 0 Å². The van der Waals surface area contributed by atoms with Crippen molar-refractivity contribution in [2.24, 2.45) is 5.92 Å². The lowest BCUT2D eigenvalue weighted by Crippen LogP contribution is -2.50. The number of likely N-dealkylation sites (tertiary alicyclic amines) is 1. The van der Waals surface area contributed by atoms with E-state index in [-0.39, 0.29) is 17.4 Å². The van der Waals surface area contributed by atoms with Gasteiger partial charge >= 0.3 is 6.03 Å². The third-order valence-electron chi connectivity index (χ3n) is 5.09. The monoisotopic (exact) mass is 322 g/mol. The Bertz CT molecular complexity index is 542. The summed E-state index contributed by atoms with van der Waals surface area (Å²) in [5, 5.41) is 13.7. The van der Waals surface area contributed by atoms with Crippen LogP contribution in [0.3, 0.4) is 0 Å². The van der Waals surface area contributed by atoms with Crippen LogP contribution >= 0.6 is 11.6 Å². The molecule has 2 aliphatic rings. The SMILES string of the molecule is CC1CCN(C(=O)NCC2(c3ccc(Cl)cc3)CC2)CC1O. The van der Waals surface area contributed by atoms with Crippen LogP contribution in [-0.4, -0.2) is 41.8 Å². The van der Waals surface area contributed by atoms with Gasteiger partial charge in [0.1, 0.15) is 0 Å². The van der Waals surface area contributed by atoms with Crippen molar-refractivity contribution in [2.45, 2.75) is 37.7 Å². The molecule has 1 aliphatic heterocycles. The number of aliphatic hydroxyl groups is 1. The van der Waals surface area contributed by atoms with Gasteiger partial charge in [0.25, 0.3) is 0 Å². The van der Waals surface area contributed by atoms with Crippen molar-refractivity contribution < 1.29 is 9.90 Å². The highest BCUT2D eigenvalue weighted by Gasteiger charge is 2.44. The van der Waals surface area contributed by atoms with E-state index in [0.717, 1.165) is 30.8 Å². The molecule has 4 nitrogen and oxygen atoms in total. The van der Waals surface area contributed by atoms with Crippen molar-refractivity contribution in [1.29, 1.82) is 0 Å². The van der Waals surface area contributed by atoms with Gasteiger partial charge < -0.3 is 15.3 Å². The Balaban J connectivity index is 1.56. The second-order valence-corrected chi connectivity index (χ2v) is 7.16. The van der Waals surface area contributed by atoms with Crippen molar-refractivity contribution in [2.75, 3.05) is 19.6 Å². The second kappa shape index (κ2) is 6.09. The summed E-state index contributed by atoms with van der Waals surface area (Å²) in [5.74, 6) is 0.271. The normalized spacial score (nSPS) is 26.6. The topological polar surface area (TPSA) is 52.6 Å². The number of carbonyl (C=O) groups excluding carboxylic acids is 1. The molecule has 2 fully saturated rings. The molecule has 1 aliphatic carbocycles. The molecule has 2 N–H and O–H groups in total. The van der Waals surface area contributed by atoms with Crippen LogP contribution in [0.2, 0.25) is 5.02 Å². The molecule has 3 rings (SSSR count). The molecular formula is C17H23ClN2O2. The lowest BCUT2D eigenvalue weighted by atomic mass is 9.95. The number of rotatable bonds is 3. The van der Waals surface area contributed by atoms with E-state index < -0.39 is 6.10 Å². The van der Waals surface area contributed by atoms with Crippen LogP contribution in [0.25, 0.3) is 0 Å². The molecule has 0 aromatic heterocycles. The number of nitrogens with one attached hydrogen (secondary N) is 1. The van der Waals surface area contributed by atoms with Crippen LogP contribution in [0, 0.1) is 5.92 Å². The van der Waals surface area contributed by atoms with E-state index in [4.69, 9.17) is 11.6 Å². The lowest BCUT2D eigenvalue weighted by Gasteiger charge is -2.34. The van der Waals surface area contributed by atoms with Crippen LogP contribution in [0.5, 0.6) is 0 Å². The van der Waals surface area contributed by atoms with Gasteiger partial charge in [0.2, 0.25) is 0 Å². The Hall–Kier alpha value is -1.26. The zero-order valence-electron chi connectivity index (χ0n) is 12.9. The quantitative estimate of drug-likeness (QED) is 0.899. The van der Waals surface area contributed by atoms with Gasteiger partial charge in [-0.05, 0) is 42.9 Å². The second-order valence-electron chi connectivity index (χ2n) is 6.73. The molecule has 1 saturated heterocycles. The Kier molecular flexibility index (Phi) is 4.33. The Morgan fingerprint density at radius 3 is 2.68 bits per heavy atom. The molecule has 0 spiro atoms. The van der Waals surface area contributed by atoms with Crippen molar-refractivity contribution in [1.82, 2.24) is 10.2 Å². The highest BCUT2D eigenvalue weighted by atomic mass is 35.5. The summed E-state index contributed by atoms with van der Waals surface area (Å²) in [6.45, 7) is 3.83. The third-order valence-corrected chi connectivity index (χ3v) is 5.35. The van der Waals surface area contributed by atoms with Gasteiger partial charge in [-0.1, -0.05) is 30.7 Å². The Labute approximate surface area is 136 Å². The van der Waals surface area contributed by atoms with E-state index in [9.17, 15) is 9.90 Å². The fraction of sp³-hybridized carbons (Fsp3) is 0.588. The first kappa shape index (κ1) is 15.6. The van der Waals surface area contributed by atoms with Crippen LogP contribution in [0.15, 0.2) is 24.3 Å². The summed E-state index contributed by atoms with van der Waals surface area (Å²) in [6, 6.07) is 7.84. The molecule has 2 atom stereocenters. The maximum Gasteiger partial charge on any atom is 0.317 e. The molecule has 120 valence electrons. The van der Waals surface area contributed by atoms with Gasteiger partial charge in [0.15, 0.2) is 0 Å². The Morgan fingerprint density at radius 1 is 1.41 bits per heavy atom. The average molecular weight is 323 g/mol. The smallest absolute Gasteiger partial charge is 0.317 e. The Morgan fingerprint density at radius 2 is 2.09 bits per heavy atom. The van der Waals surface area contributed by atoms with E-state index in [1.54, 1.807) is 4.90 Å². The minimum Gasteiger partial charge on any atom is -0.391 e. The first-order chi connectivity index (χ1) is 10.5. The summed E-state index contributed by atoms with van der Waals surface area (Å²) in [7, 11) is 0. The summed E-state index contributed by atoms with van der Waals surface area (Å²) in [4.78, 5) is 14.0. The number of piperidine rings is 1. The first-order valence-corrected chi connectivity index (χ1v) is 8.35. The fourth-order valence-electron chi connectivity index (χ4n) is 3.11. The van der Waals surface area contributed by atoms with Crippen LogP contribution in [0.1, 0.15) is 31.7 Å². The van der Waals surface area contributed by atoms with E-state index in [1.807, 2.05) is 31.2 Å². The third kappa shape index (κ3) is 3.23. The van der Waals surface area contributed by atoms with Gasteiger partial charge in [-0.3, -0.25) is 0 Å². The maximum absolute atomic E-state index is 12.3. The highest BCUT2D eigenvalue weighted by molar-refractivity contribution is 6.30. The number of nitrogens with zero attached hydrogens (tertiary/aromatic N) is 1. The van der Waals surface area contributed by atoms with Gasteiger partial charge in [-0.25, -0.2) is 4.79 Å². The molecule has 2 unspecified atom stereocenters. The standard InChI is InChI=1S/C17H23ClN2O2/c1-12-6-9-20(10-15(12)21)16(22)19-11-17(7-8-17)13-2-4-14(18)5-3-13/h2-5,12,15,21H,6-11H2,1H3,(H,19,22).